The summed E-state index contributed by atoms with van der Waals surface area (Å²) in [5, 5.41) is 6.71. The molecular formula is C20H33IN4OS. The lowest BCUT2D eigenvalue weighted by Crippen LogP contribution is -2.43. The second-order valence-electron chi connectivity index (χ2n) is 7.18. The van der Waals surface area contributed by atoms with E-state index in [2.05, 4.69) is 54.8 Å². The van der Waals surface area contributed by atoms with Gasteiger partial charge in [-0.2, -0.15) is 11.8 Å². The first-order valence-corrected chi connectivity index (χ1v) is 10.6. The summed E-state index contributed by atoms with van der Waals surface area (Å²) in [4.78, 5) is 18.6. The number of anilines is 1. The number of nitrogens with zero attached hydrogens (tertiary/aromatic N) is 2. The van der Waals surface area contributed by atoms with Crippen molar-refractivity contribution in [3.05, 3.63) is 29.8 Å². The fourth-order valence-electron chi connectivity index (χ4n) is 2.74. The molecule has 1 aliphatic rings. The van der Waals surface area contributed by atoms with Crippen LogP contribution in [0.2, 0.25) is 0 Å². The molecule has 27 heavy (non-hydrogen) atoms. The van der Waals surface area contributed by atoms with Crippen molar-refractivity contribution in [1.29, 1.82) is 0 Å². The zero-order chi connectivity index (χ0) is 19.0. The highest BCUT2D eigenvalue weighted by molar-refractivity contribution is 14.0. The molecule has 7 heteroatoms. The molecule has 2 rings (SSSR count). The third kappa shape index (κ3) is 7.89. The molecule has 0 aromatic heterocycles. The van der Waals surface area contributed by atoms with Crippen molar-refractivity contribution in [2.24, 2.45) is 4.99 Å². The molecule has 1 aromatic carbocycles. The molecule has 0 aliphatic carbocycles. The summed E-state index contributed by atoms with van der Waals surface area (Å²) >= 11 is 1.84. The molecule has 1 aliphatic heterocycles. The van der Waals surface area contributed by atoms with Gasteiger partial charge in [0.25, 0.3) is 0 Å². The summed E-state index contributed by atoms with van der Waals surface area (Å²) in [6.07, 6.45) is 4.88. The number of rotatable bonds is 7. The van der Waals surface area contributed by atoms with E-state index in [1.807, 2.05) is 28.8 Å². The molecule has 1 saturated heterocycles. The lowest BCUT2D eigenvalue weighted by atomic mass is 10.1. The molecule has 1 amide bonds. The molecule has 0 radical (unpaired) electrons. The Hall–Kier alpha value is -0.960. The summed E-state index contributed by atoms with van der Waals surface area (Å²) in [5.41, 5.74) is 2.13. The molecule has 152 valence electrons. The number of thioether (sulfide) groups is 1. The Bertz CT molecular complexity index is 619. The number of hydrogen-bond acceptors (Lipinski definition) is 3. The SMILES string of the molecule is CCNC(=NCc1ccc(N2CCCCC2=O)cc1)NCC(C)(C)SC.I. The summed E-state index contributed by atoms with van der Waals surface area (Å²) in [5.74, 6) is 1.07. The van der Waals surface area contributed by atoms with Crippen LogP contribution in [-0.4, -0.2) is 42.5 Å². The van der Waals surface area contributed by atoms with E-state index < -0.39 is 0 Å². The highest BCUT2D eigenvalue weighted by Gasteiger charge is 2.19. The standard InChI is InChI=1S/C20H32N4OS.HI/c1-5-21-19(23-15-20(2,3)26-4)22-14-16-9-11-17(12-10-16)24-13-7-6-8-18(24)25;/h9-12H,5-8,13-15H2,1-4H3,(H2,21,22,23);1H. The number of piperidine rings is 1. The van der Waals surface area contributed by atoms with Crippen LogP contribution in [0.4, 0.5) is 5.69 Å². The second kappa shape index (κ2) is 11.8. The Labute approximate surface area is 185 Å². The van der Waals surface area contributed by atoms with E-state index >= 15 is 0 Å². The van der Waals surface area contributed by atoms with Crippen LogP contribution in [0.5, 0.6) is 0 Å². The molecule has 5 nitrogen and oxygen atoms in total. The molecule has 1 heterocycles. The quantitative estimate of drug-likeness (QED) is 0.335. The highest BCUT2D eigenvalue weighted by Crippen LogP contribution is 2.21. The van der Waals surface area contributed by atoms with E-state index in [0.29, 0.717) is 13.0 Å². The van der Waals surface area contributed by atoms with Crippen LogP contribution in [-0.2, 0) is 11.3 Å². The number of aliphatic imine (C=N–C) groups is 1. The number of amides is 1. The maximum absolute atomic E-state index is 12.0. The van der Waals surface area contributed by atoms with Crippen LogP contribution in [0.3, 0.4) is 0 Å². The van der Waals surface area contributed by atoms with Crippen LogP contribution in [0, 0.1) is 0 Å². The Kier molecular flexibility index (Phi) is 10.5. The van der Waals surface area contributed by atoms with E-state index in [1.165, 1.54) is 0 Å². The first kappa shape index (κ1) is 24.1. The average molecular weight is 504 g/mol. The smallest absolute Gasteiger partial charge is 0.226 e. The largest absolute Gasteiger partial charge is 0.357 e. The number of guanidine groups is 1. The van der Waals surface area contributed by atoms with Crippen LogP contribution in [0.1, 0.15) is 45.6 Å². The van der Waals surface area contributed by atoms with E-state index in [-0.39, 0.29) is 34.6 Å². The minimum atomic E-state index is 0. The summed E-state index contributed by atoms with van der Waals surface area (Å²) in [7, 11) is 0. The number of benzene rings is 1. The lowest BCUT2D eigenvalue weighted by Gasteiger charge is -2.26. The van der Waals surface area contributed by atoms with Gasteiger partial charge in [-0.05, 0) is 57.6 Å². The van der Waals surface area contributed by atoms with E-state index in [9.17, 15) is 4.79 Å². The van der Waals surface area contributed by atoms with Gasteiger partial charge in [0.05, 0.1) is 6.54 Å². The third-order valence-corrected chi connectivity index (χ3v) is 5.82. The van der Waals surface area contributed by atoms with Gasteiger partial charge >= 0.3 is 0 Å². The third-order valence-electron chi connectivity index (χ3n) is 4.57. The summed E-state index contributed by atoms with van der Waals surface area (Å²) < 4.78 is 0.165. The van der Waals surface area contributed by atoms with Crippen molar-refractivity contribution in [2.45, 2.75) is 51.3 Å². The van der Waals surface area contributed by atoms with Gasteiger partial charge in [0.1, 0.15) is 0 Å². The number of nitrogens with one attached hydrogen (secondary N) is 2. The van der Waals surface area contributed by atoms with Gasteiger partial charge in [0, 0.05) is 36.5 Å². The Balaban J connectivity index is 0.00000364. The molecule has 0 spiro atoms. The fourth-order valence-corrected chi connectivity index (χ4v) is 2.96. The van der Waals surface area contributed by atoms with E-state index in [4.69, 9.17) is 0 Å². The number of carbonyl (C=O) groups is 1. The first-order valence-electron chi connectivity index (χ1n) is 9.42. The maximum atomic E-state index is 12.0. The fraction of sp³-hybridized carbons (Fsp3) is 0.600. The average Bonchev–Trinajstić information content (AvgIpc) is 2.65. The van der Waals surface area contributed by atoms with E-state index in [1.54, 1.807) is 0 Å². The zero-order valence-electron chi connectivity index (χ0n) is 16.9. The molecular weight excluding hydrogens is 471 g/mol. The predicted molar refractivity (Wildman–Crippen MR) is 128 cm³/mol. The van der Waals surface area contributed by atoms with Gasteiger partial charge in [0.2, 0.25) is 5.91 Å². The van der Waals surface area contributed by atoms with E-state index in [0.717, 1.165) is 49.7 Å². The van der Waals surface area contributed by atoms with Gasteiger partial charge in [-0.15, -0.1) is 24.0 Å². The van der Waals surface area contributed by atoms with Crippen molar-refractivity contribution in [2.75, 3.05) is 30.8 Å². The minimum absolute atomic E-state index is 0. The maximum Gasteiger partial charge on any atom is 0.226 e. The topological polar surface area (TPSA) is 56.7 Å². The predicted octanol–water partition coefficient (Wildman–Crippen LogP) is 4.02. The van der Waals surface area contributed by atoms with Gasteiger partial charge in [-0.1, -0.05) is 12.1 Å². The Morgan fingerprint density at radius 2 is 1.93 bits per heavy atom. The van der Waals surface area contributed by atoms with Gasteiger partial charge in [-0.3, -0.25) is 4.79 Å². The van der Waals surface area contributed by atoms with Crippen molar-refractivity contribution in [1.82, 2.24) is 10.6 Å². The summed E-state index contributed by atoms with van der Waals surface area (Å²) in [6.45, 7) is 9.64. The van der Waals surface area contributed by atoms with Crippen molar-refractivity contribution < 1.29 is 4.79 Å². The van der Waals surface area contributed by atoms with Crippen molar-refractivity contribution in [3.8, 4) is 0 Å². The summed E-state index contributed by atoms with van der Waals surface area (Å²) in [6, 6.07) is 8.20. The van der Waals surface area contributed by atoms with Gasteiger partial charge < -0.3 is 15.5 Å². The minimum Gasteiger partial charge on any atom is -0.357 e. The zero-order valence-corrected chi connectivity index (χ0v) is 20.0. The Morgan fingerprint density at radius 3 is 2.52 bits per heavy atom. The van der Waals surface area contributed by atoms with Gasteiger partial charge in [0.15, 0.2) is 5.96 Å². The highest BCUT2D eigenvalue weighted by atomic mass is 127. The molecule has 1 fully saturated rings. The van der Waals surface area contributed by atoms with Gasteiger partial charge in [-0.25, -0.2) is 4.99 Å². The van der Waals surface area contributed by atoms with Crippen LogP contribution in [0.15, 0.2) is 29.3 Å². The Morgan fingerprint density at radius 1 is 1.22 bits per heavy atom. The second-order valence-corrected chi connectivity index (χ2v) is 8.69. The molecule has 0 unspecified atom stereocenters. The number of halogens is 1. The number of carbonyl (C=O) groups excluding carboxylic acids is 1. The number of hydrogen-bond donors (Lipinski definition) is 2. The lowest BCUT2D eigenvalue weighted by molar-refractivity contribution is -0.119. The molecule has 2 N–H and O–H groups in total. The van der Waals surface area contributed by atoms with Crippen LogP contribution < -0.4 is 15.5 Å². The first-order chi connectivity index (χ1) is 12.4. The van der Waals surface area contributed by atoms with Crippen LogP contribution in [0.25, 0.3) is 0 Å². The normalized spacial score (nSPS) is 15.3. The molecule has 0 atom stereocenters. The monoisotopic (exact) mass is 504 g/mol. The molecule has 0 bridgehead atoms. The van der Waals surface area contributed by atoms with Crippen LogP contribution >= 0.6 is 35.7 Å². The van der Waals surface area contributed by atoms with Crippen molar-refractivity contribution in [3.63, 3.8) is 0 Å². The molecule has 0 saturated carbocycles. The molecule has 1 aromatic rings. The van der Waals surface area contributed by atoms with Crippen molar-refractivity contribution >= 4 is 53.3 Å².